The topological polar surface area (TPSA) is 29.3 Å². The Morgan fingerprint density at radius 1 is 1.36 bits per heavy atom. The average molecular weight is 218 g/mol. The summed E-state index contributed by atoms with van der Waals surface area (Å²) in [6, 6.07) is 1.19. The molecule has 0 saturated carbocycles. The smallest absolute Gasteiger partial charge is 0.0241 e. The van der Waals surface area contributed by atoms with Gasteiger partial charge in [0.15, 0.2) is 0 Å². The molecule has 2 atom stereocenters. The molecule has 0 aliphatic carbocycles. The maximum atomic E-state index is 5.81. The minimum Gasteiger partial charge on any atom is -0.329 e. The zero-order valence-corrected chi connectivity index (χ0v) is 11.1. The highest BCUT2D eigenvalue weighted by Crippen LogP contribution is 2.15. The zero-order chi connectivity index (χ0) is 11.1. The summed E-state index contributed by atoms with van der Waals surface area (Å²) < 4.78 is 0. The quantitative estimate of drug-likeness (QED) is 0.709. The Morgan fingerprint density at radius 3 is 2.21 bits per heavy atom. The molecule has 14 heavy (non-hydrogen) atoms. The van der Waals surface area contributed by atoms with E-state index in [1.165, 1.54) is 12.2 Å². The van der Waals surface area contributed by atoms with Crippen LogP contribution in [0.5, 0.6) is 0 Å². The summed E-state index contributed by atoms with van der Waals surface area (Å²) in [6.07, 6.45) is 3.38. The molecule has 2 N–H and O–H groups in total. The van der Waals surface area contributed by atoms with Crippen LogP contribution < -0.4 is 5.73 Å². The summed E-state index contributed by atoms with van der Waals surface area (Å²) in [5.74, 6) is 1.84. The van der Waals surface area contributed by atoms with Crippen LogP contribution in [0.1, 0.15) is 27.2 Å². The number of nitrogens with two attached hydrogens (primary N) is 1. The first-order valence-electron chi connectivity index (χ1n) is 5.49. The van der Waals surface area contributed by atoms with Crippen LogP contribution in [0.3, 0.4) is 0 Å². The van der Waals surface area contributed by atoms with E-state index in [1.54, 1.807) is 0 Å². The lowest BCUT2D eigenvalue weighted by Gasteiger charge is -2.36. The fraction of sp³-hybridized carbons (Fsp3) is 1.00. The van der Waals surface area contributed by atoms with Crippen LogP contribution in [0.2, 0.25) is 0 Å². The molecule has 0 fully saturated rings. The molecule has 0 amide bonds. The molecule has 2 nitrogen and oxygen atoms in total. The van der Waals surface area contributed by atoms with Crippen LogP contribution in [0.15, 0.2) is 0 Å². The molecule has 0 aromatic carbocycles. The Morgan fingerprint density at radius 2 is 1.93 bits per heavy atom. The fourth-order valence-electron chi connectivity index (χ4n) is 1.90. The van der Waals surface area contributed by atoms with Gasteiger partial charge in [0.25, 0.3) is 0 Å². The minimum atomic E-state index is 0.520. The number of hydrogen-bond donors (Lipinski definition) is 1. The van der Waals surface area contributed by atoms with Crippen molar-refractivity contribution >= 4 is 11.8 Å². The van der Waals surface area contributed by atoms with Gasteiger partial charge in [-0.05, 0) is 25.6 Å². The van der Waals surface area contributed by atoms with Gasteiger partial charge in [0.1, 0.15) is 0 Å². The molecule has 0 radical (unpaired) electrons. The van der Waals surface area contributed by atoms with E-state index in [9.17, 15) is 0 Å². The van der Waals surface area contributed by atoms with Gasteiger partial charge >= 0.3 is 0 Å². The second kappa shape index (κ2) is 7.55. The van der Waals surface area contributed by atoms with Crippen molar-refractivity contribution in [2.24, 2.45) is 11.7 Å². The van der Waals surface area contributed by atoms with E-state index in [4.69, 9.17) is 5.73 Å². The van der Waals surface area contributed by atoms with Gasteiger partial charge in [0.05, 0.1) is 0 Å². The summed E-state index contributed by atoms with van der Waals surface area (Å²) in [5, 5.41) is 0. The summed E-state index contributed by atoms with van der Waals surface area (Å²) in [5.41, 5.74) is 5.81. The van der Waals surface area contributed by atoms with E-state index < -0.39 is 0 Å². The monoisotopic (exact) mass is 218 g/mol. The van der Waals surface area contributed by atoms with Crippen molar-refractivity contribution in [1.82, 2.24) is 4.90 Å². The van der Waals surface area contributed by atoms with Crippen molar-refractivity contribution in [3.8, 4) is 0 Å². The Bertz CT molecular complexity index is 139. The molecule has 3 heteroatoms. The van der Waals surface area contributed by atoms with E-state index >= 15 is 0 Å². The summed E-state index contributed by atoms with van der Waals surface area (Å²) in [6.45, 7) is 7.52. The molecule has 0 aromatic heterocycles. The predicted octanol–water partition coefficient (Wildman–Crippen LogP) is 2.04. The van der Waals surface area contributed by atoms with Gasteiger partial charge in [-0.15, -0.1) is 0 Å². The first-order valence-corrected chi connectivity index (χ1v) is 6.88. The van der Waals surface area contributed by atoms with Crippen molar-refractivity contribution < 1.29 is 0 Å². The van der Waals surface area contributed by atoms with Gasteiger partial charge in [0, 0.05) is 24.4 Å². The first kappa shape index (κ1) is 14.3. The van der Waals surface area contributed by atoms with Crippen molar-refractivity contribution in [1.29, 1.82) is 0 Å². The second-order valence-corrected chi connectivity index (χ2v) is 5.14. The fourth-order valence-corrected chi connectivity index (χ4v) is 2.75. The van der Waals surface area contributed by atoms with Gasteiger partial charge in [-0.1, -0.05) is 20.8 Å². The van der Waals surface area contributed by atoms with Crippen LogP contribution in [-0.2, 0) is 0 Å². The Kier molecular flexibility index (Phi) is 7.69. The van der Waals surface area contributed by atoms with Crippen LogP contribution >= 0.6 is 11.8 Å². The lowest BCUT2D eigenvalue weighted by atomic mass is 10.0. The van der Waals surface area contributed by atoms with E-state index in [2.05, 4.69) is 39.0 Å². The Labute approximate surface area is 93.6 Å². The predicted molar refractivity (Wildman–Crippen MR) is 67.9 cm³/mol. The van der Waals surface area contributed by atoms with E-state index in [0.29, 0.717) is 18.0 Å². The summed E-state index contributed by atoms with van der Waals surface area (Å²) in [7, 11) is 2.21. The SMILES string of the molecule is CCC(CSC)N(C)C(CN)C(C)C. The molecule has 0 aliphatic rings. The maximum absolute atomic E-state index is 5.81. The molecular formula is C11H26N2S. The molecule has 0 aromatic rings. The molecule has 0 bridgehead atoms. The summed E-state index contributed by atoms with van der Waals surface area (Å²) >= 11 is 1.92. The number of hydrogen-bond acceptors (Lipinski definition) is 3. The first-order chi connectivity index (χ1) is 6.58. The molecule has 0 saturated heterocycles. The molecule has 0 spiro atoms. The normalized spacial score (nSPS) is 16.3. The van der Waals surface area contributed by atoms with E-state index in [1.807, 2.05) is 11.8 Å². The molecule has 86 valence electrons. The molecule has 0 rings (SSSR count). The third-order valence-electron chi connectivity index (χ3n) is 2.94. The third-order valence-corrected chi connectivity index (χ3v) is 3.66. The third kappa shape index (κ3) is 4.20. The molecule has 0 aliphatic heterocycles. The number of thioether (sulfide) groups is 1. The van der Waals surface area contributed by atoms with Crippen LogP contribution in [-0.4, -0.2) is 42.6 Å². The lowest BCUT2D eigenvalue weighted by Crippen LogP contribution is -2.47. The van der Waals surface area contributed by atoms with Gasteiger partial charge in [-0.2, -0.15) is 11.8 Å². The molecule has 0 heterocycles. The minimum absolute atomic E-state index is 0.520. The van der Waals surface area contributed by atoms with Gasteiger partial charge in [0.2, 0.25) is 0 Å². The highest BCUT2D eigenvalue weighted by molar-refractivity contribution is 7.98. The van der Waals surface area contributed by atoms with Crippen LogP contribution in [0.25, 0.3) is 0 Å². The van der Waals surface area contributed by atoms with Crippen LogP contribution in [0.4, 0.5) is 0 Å². The number of nitrogens with zero attached hydrogens (tertiary/aromatic N) is 1. The highest BCUT2D eigenvalue weighted by atomic mass is 32.2. The highest BCUT2D eigenvalue weighted by Gasteiger charge is 2.22. The average Bonchev–Trinajstić information content (AvgIpc) is 2.14. The standard InChI is InChI=1S/C11H26N2S/c1-6-10(8-14-5)13(4)11(7-12)9(2)3/h9-11H,6-8,12H2,1-5H3. The summed E-state index contributed by atoms with van der Waals surface area (Å²) in [4.78, 5) is 2.46. The largest absolute Gasteiger partial charge is 0.329 e. The Balaban J connectivity index is 4.28. The van der Waals surface area contributed by atoms with Gasteiger partial charge < -0.3 is 5.73 Å². The molecule has 2 unspecified atom stereocenters. The molecular weight excluding hydrogens is 192 g/mol. The maximum Gasteiger partial charge on any atom is 0.0241 e. The van der Waals surface area contributed by atoms with Crippen molar-refractivity contribution in [3.05, 3.63) is 0 Å². The van der Waals surface area contributed by atoms with Crippen LogP contribution in [0, 0.1) is 5.92 Å². The van der Waals surface area contributed by atoms with Gasteiger partial charge in [-0.3, -0.25) is 4.90 Å². The van der Waals surface area contributed by atoms with Gasteiger partial charge in [-0.25, -0.2) is 0 Å². The second-order valence-electron chi connectivity index (χ2n) is 4.23. The number of rotatable bonds is 7. The number of likely N-dealkylation sites (N-methyl/N-ethyl adjacent to an activating group) is 1. The Hall–Kier alpha value is 0.270. The van der Waals surface area contributed by atoms with E-state index in [0.717, 1.165) is 6.54 Å². The van der Waals surface area contributed by atoms with Crippen molar-refractivity contribution in [2.45, 2.75) is 39.3 Å². The lowest BCUT2D eigenvalue weighted by molar-refractivity contribution is 0.149. The zero-order valence-electron chi connectivity index (χ0n) is 10.3. The van der Waals surface area contributed by atoms with E-state index in [-0.39, 0.29) is 0 Å². The van der Waals surface area contributed by atoms with Crippen molar-refractivity contribution in [2.75, 3.05) is 25.6 Å². The van der Waals surface area contributed by atoms with Crippen molar-refractivity contribution in [3.63, 3.8) is 0 Å².